The van der Waals surface area contributed by atoms with Crippen LogP contribution in [-0.4, -0.2) is 24.3 Å². The lowest BCUT2D eigenvalue weighted by atomic mass is 10.1. The molecule has 176 valence electrons. The summed E-state index contributed by atoms with van der Waals surface area (Å²) in [5.41, 5.74) is 3.64. The summed E-state index contributed by atoms with van der Waals surface area (Å²) in [6.45, 7) is 4.52. The average molecular weight is 459 g/mol. The van der Waals surface area contributed by atoms with Crippen molar-refractivity contribution in [2.24, 2.45) is 5.92 Å². The topological polar surface area (TPSA) is 99.3 Å². The van der Waals surface area contributed by atoms with E-state index in [9.17, 15) is 14.4 Å². The summed E-state index contributed by atoms with van der Waals surface area (Å²) in [6.07, 6.45) is 0.462. The van der Waals surface area contributed by atoms with E-state index in [4.69, 9.17) is 0 Å². The van der Waals surface area contributed by atoms with Crippen LogP contribution in [0.25, 0.3) is 0 Å². The lowest BCUT2D eigenvalue weighted by molar-refractivity contribution is -0.117. The molecule has 0 aromatic heterocycles. The minimum atomic E-state index is -0.207. The Balaban J connectivity index is 1.42. The molecule has 0 aliphatic carbocycles. The van der Waals surface area contributed by atoms with Gasteiger partial charge in [-0.05, 0) is 60.0 Å². The second kappa shape index (κ2) is 12.2. The fraction of sp³-hybridized carbons (Fsp3) is 0.222. The molecule has 0 bridgehead atoms. The number of benzene rings is 3. The third-order valence-corrected chi connectivity index (χ3v) is 4.94. The van der Waals surface area contributed by atoms with Gasteiger partial charge in [0, 0.05) is 35.6 Å². The molecule has 7 nitrogen and oxygen atoms in total. The van der Waals surface area contributed by atoms with Crippen molar-refractivity contribution in [2.75, 3.05) is 22.5 Å². The molecule has 0 aliphatic rings. The first-order valence-corrected chi connectivity index (χ1v) is 11.2. The van der Waals surface area contributed by atoms with Gasteiger partial charge in [0.05, 0.1) is 6.54 Å². The minimum Gasteiger partial charge on any atom is -0.376 e. The molecular weight excluding hydrogens is 428 g/mol. The maximum Gasteiger partial charge on any atom is 0.251 e. The van der Waals surface area contributed by atoms with Crippen LogP contribution in [0.15, 0.2) is 78.9 Å². The Kier molecular flexibility index (Phi) is 8.80. The van der Waals surface area contributed by atoms with E-state index in [-0.39, 0.29) is 24.3 Å². The van der Waals surface area contributed by atoms with Gasteiger partial charge >= 0.3 is 0 Å². The molecule has 0 radical (unpaired) electrons. The average Bonchev–Trinajstić information content (AvgIpc) is 2.83. The first-order chi connectivity index (χ1) is 16.4. The lowest BCUT2D eigenvalue weighted by Gasteiger charge is -2.10. The number of hydrogen-bond donors (Lipinski definition) is 4. The molecule has 3 aromatic rings. The second-order valence-corrected chi connectivity index (χ2v) is 8.37. The van der Waals surface area contributed by atoms with Gasteiger partial charge in [-0.25, -0.2) is 0 Å². The molecule has 0 fully saturated rings. The normalized spacial score (nSPS) is 10.4. The van der Waals surface area contributed by atoms with E-state index in [1.54, 1.807) is 48.5 Å². The van der Waals surface area contributed by atoms with Crippen molar-refractivity contribution in [2.45, 2.75) is 26.8 Å². The number of rotatable bonds is 10. The van der Waals surface area contributed by atoms with Crippen LogP contribution < -0.4 is 21.3 Å². The van der Waals surface area contributed by atoms with Crippen molar-refractivity contribution >= 4 is 34.8 Å². The van der Waals surface area contributed by atoms with Gasteiger partial charge in [0.2, 0.25) is 11.8 Å². The standard InChI is InChI=1S/C27H30N4O3/c1-19(2)16-25(32)30-23-12-14-24(15-13-23)31-26(33)18-28-22-10-8-21(9-11-22)27(34)29-17-20-6-4-3-5-7-20/h3-15,19,28H,16-18H2,1-2H3,(H,29,34)(H,30,32)(H,31,33). The summed E-state index contributed by atoms with van der Waals surface area (Å²) in [5.74, 6) is -0.104. The van der Waals surface area contributed by atoms with E-state index in [0.717, 1.165) is 11.3 Å². The van der Waals surface area contributed by atoms with Crippen LogP contribution in [0.1, 0.15) is 36.2 Å². The van der Waals surface area contributed by atoms with Crippen LogP contribution in [-0.2, 0) is 16.1 Å². The van der Waals surface area contributed by atoms with Crippen molar-refractivity contribution < 1.29 is 14.4 Å². The second-order valence-electron chi connectivity index (χ2n) is 8.37. The zero-order chi connectivity index (χ0) is 24.3. The smallest absolute Gasteiger partial charge is 0.251 e. The quantitative estimate of drug-likeness (QED) is 0.355. The minimum absolute atomic E-state index is 0.0318. The molecule has 3 rings (SSSR count). The highest BCUT2D eigenvalue weighted by atomic mass is 16.2. The molecule has 34 heavy (non-hydrogen) atoms. The van der Waals surface area contributed by atoms with E-state index in [1.807, 2.05) is 44.2 Å². The lowest BCUT2D eigenvalue weighted by Crippen LogP contribution is -2.23. The maximum atomic E-state index is 12.3. The molecule has 3 amide bonds. The summed E-state index contributed by atoms with van der Waals surface area (Å²) in [6, 6.07) is 23.7. The first-order valence-electron chi connectivity index (χ1n) is 11.2. The van der Waals surface area contributed by atoms with E-state index in [1.165, 1.54) is 0 Å². The van der Waals surface area contributed by atoms with Gasteiger partial charge in [0.25, 0.3) is 5.91 Å². The van der Waals surface area contributed by atoms with Gasteiger partial charge < -0.3 is 21.3 Å². The molecule has 0 heterocycles. The number of carbonyl (C=O) groups is 3. The Morgan fingerprint density at radius 2 is 1.26 bits per heavy atom. The first kappa shape index (κ1) is 24.5. The third-order valence-electron chi connectivity index (χ3n) is 4.94. The van der Waals surface area contributed by atoms with Crippen LogP contribution in [0.2, 0.25) is 0 Å². The van der Waals surface area contributed by atoms with Crippen molar-refractivity contribution in [1.29, 1.82) is 0 Å². The molecule has 3 aromatic carbocycles. The highest BCUT2D eigenvalue weighted by molar-refractivity contribution is 5.96. The SMILES string of the molecule is CC(C)CC(=O)Nc1ccc(NC(=O)CNc2ccc(C(=O)NCc3ccccc3)cc2)cc1. The Morgan fingerprint density at radius 1 is 0.706 bits per heavy atom. The summed E-state index contributed by atoms with van der Waals surface area (Å²) in [7, 11) is 0. The zero-order valence-electron chi connectivity index (χ0n) is 19.4. The van der Waals surface area contributed by atoms with E-state index in [0.29, 0.717) is 35.8 Å². The molecule has 0 spiro atoms. The molecule has 0 unspecified atom stereocenters. The summed E-state index contributed by atoms with van der Waals surface area (Å²) in [4.78, 5) is 36.4. The van der Waals surface area contributed by atoms with Gasteiger partial charge in [-0.1, -0.05) is 44.2 Å². The van der Waals surface area contributed by atoms with Crippen molar-refractivity contribution in [3.8, 4) is 0 Å². The Bertz CT molecular complexity index is 1090. The fourth-order valence-electron chi connectivity index (χ4n) is 3.23. The highest BCUT2D eigenvalue weighted by Gasteiger charge is 2.08. The van der Waals surface area contributed by atoms with Gasteiger partial charge in [-0.3, -0.25) is 14.4 Å². The number of amides is 3. The molecule has 4 N–H and O–H groups in total. The van der Waals surface area contributed by atoms with Crippen molar-refractivity contribution in [3.63, 3.8) is 0 Å². The van der Waals surface area contributed by atoms with Gasteiger partial charge in [-0.2, -0.15) is 0 Å². The molecular formula is C27H30N4O3. The largest absolute Gasteiger partial charge is 0.376 e. The predicted octanol–water partition coefficient (Wildman–Crippen LogP) is 4.65. The Labute approximate surface area is 200 Å². The summed E-state index contributed by atoms with van der Waals surface area (Å²) >= 11 is 0. The fourth-order valence-corrected chi connectivity index (χ4v) is 3.23. The Hall–Kier alpha value is -4.13. The molecule has 0 aliphatic heterocycles. The van der Waals surface area contributed by atoms with E-state index < -0.39 is 0 Å². The van der Waals surface area contributed by atoms with Crippen LogP contribution in [0.5, 0.6) is 0 Å². The monoisotopic (exact) mass is 458 g/mol. The van der Waals surface area contributed by atoms with Crippen molar-refractivity contribution in [3.05, 3.63) is 90.0 Å². The predicted molar refractivity (Wildman–Crippen MR) is 136 cm³/mol. The van der Waals surface area contributed by atoms with Crippen LogP contribution >= 0.6 is 0 Å². The maximum absolute atomic E-state index is 12.3. The number of nitrogens with one attached hydrogen (secondary N) is 4. The van der Waals surface area contributed by atoms with Crippen LogP contribution in [0.4, 0.5) is 17.1 Å². The Morgan fingerprint density at radius 3 is 1.85 bits per heavy atom. The number of anilines is 3. The molecule has 0 atom stereocenters. The molecule has 0 saturated carbocycles. The van der Waals surface area contributed by atoms with Crippen molar-refractivity contribution in [1.82, 2.24) is 5.32 Å². The van der Waals surface area contributed by atoms with Gasteiger partial charge in [0.15, 0.2) is 0 Å². The van der Waals surface area contributed by atoms with E-state index in [2.05, 4.69) is 21.3 Å². The molecule has 7 heteroatoms. The number of hydrogen-bond acceptors (Lipinski definition) is 4. The van der Waals surface area contributed by atoms with Crippen LogP contribution in [0, 0.1) is 5.92 Å². The van der Waals surface area contributed by atoms with Gasteiger partial charge in [-0.15, -0.1) is 0 Å². The molecule has 0 saturated heterocycles. The third kappa shape index (κ3) is 8.09. The summed E-state index contributed by atoms with van der Waals surface area (Å²) in [5, 5.41) is 11.6. The highest BCUT2D eigenvalue weighted by Crippen LogP contribution is 2.15. The van der Waals surface area contributed by atoms with E-state index >= 15 is 0 Å². The summed E-state index contributed by atoms with van der Waals surface area (Å²) < 4.78 is 0. The van der Waals surface area contributed by atoms with Gasteiger partial charge in [0.1, 0.15) is 0 Å². The number of carbonyl (C=O) groups excluding carboxylic acids is 3. The zero-order valence-corrected chi connectivity index (χ0v) is 19.4. The van der Waals surface area contributed by atoms with Crippen LogP contribution in [0.3, 0.4) is 0 Å².